The van der Waals surface area contributed by atoms with Crippen LogP contribution in [0.3, 0.4) is 0 Å². The smallest absolute Gasteiger partial charge is 0.279 e. The number of hydrogen-bond donors (Lipinski definition) is 3. The van der Waals surface area contributed by atoms with Crippen molar-refractivity contribution in [2.24, 2.45) is 0 Å². The Bertz CT molecular complexity index is 904. The number of para-hydroxylation sites is 2. The fourth-order valence-electron chi connectivity index (χ4n) is 4.06. The van der Waals surface area contributed by atoms with Gasteiger partial charge in [-0.1, -0.05) is 30.3 Å². The fraction of sp³-hybridized carbons (Fsp3) is 0.417. The Kier molecular flexibility index (Phi) is 6.33. The lowest BCUT2D eigenvalue weighted by Gasteiger charge is -2.23. The Morgan fingerprint density at radius 2 is 1.73 bits per heavy atom. The van der Waals surface area contributed by atoms with Crippen molar-refractivity contribution in [1.29, 1.82) is 0 Å². The van der Waals surface area contributed by atoms with Crippen LogP contribution in [-0.2, 0) is 11.3 Å². The highest BCUT2D eigenvalue weighted by Gasteiger charge is 2.25. The molecule has 30 heavy (non-hydrogen) atoms. The number of amides is 2. The van der Waals surface area contributed by atoms with Gasteiger partial charge in [-0.05, 0) is 43.9 Å². The average molecular weight is 408 g/mol. The van der Waals surface area contributed by atoms with E-state index in [1.165, 1.54) is 24.1 Å². The van der Waals surface area contributed by atoms with Crippen molar-refractivity contribution in [3.63, 3.8) is 0 Å². The van der Waals surface area contributed by atoms with Crippen LogP contribution in [-0.4, -0.2) is 44.5 Å². The molecular weight excluding hydrogens is 376 g/mol. The first-order chi connectivity index (χ1) is 14.6. The van der Waals surface area contributed by atoms with Gasteiger partial charge in [-0.15, -0.1) is 0 Å². The van der Waals surface area contributed by atoms with E-state index in [4.69, 9.17) is 0 Å². The Balaban J connectivity index is 1.36. The predicted molar refractivity (Wildman–Crippen MR) is 119 cm³/mol. The van der Waals surface area contributed by atoms with E-state index in [0.717, 1.165) is 37.4 Å². The van der Waals surface area contributed by atoms with E-state index in [-0.39, 0.29) is 17.9 Å². The van der Waals surface area contributed by atoms with Crippen molar-refractivity contribution >= 4 is 23.2 Å². The first kappa shape index (κ1) is 20.4. The van der Waals surface area contributed by atoms with Crippen molar-refractivity contribution in [3.8, 4) is 0 Å². The number of benzene rings is 2. The predicted octanol–water partition coefficient (Wildman–Crippen LogP) is 1.83. The van der Waals surface area contributed by atoms with E-state index in [9.17, 15) is 9.59 Å². The van der Waals surface area contributed by atoms with Gasteiger partial charge in [0.05, 0.1) is 18.3 Å². The van der Waals surface area contributed by atoms with Crippen LogP contribution >= 0.6 is 0 Å². The molecule has 1 saturated carbocycles. The van der Waals surface area contributed by atoms with Gasteiger partial charge in [0.2, 0.25) is 0 Å². The standard InChI is InChI=1S/C24H30N4O2/c1-27(16-18-8-2-5-11-22(18)28-14-6-7-15-28)17-23(29)26-21-10-4-3-9-20(21)24(30)25-19-12-13-19/h2-5,8-11,19H,6-7,12-17H2,1H3,(H,25,30)(H,26,29)/p+1. The Labute approximate surface area is 178 Å². The zero-order chi connectivity index (χ0) is 20.9. The van der Waals surface area contributed by atoms with Crippen LogP contribution in [0.25, 0.3) is 0 Å². The van der Waals surface area contributed by atoms with Gasteiger partial charge in [0.15, 0.2) is 6.54 Å². The van der Waals surface area contributed by atoms with Crippen LogP contribution < -0.4 is 20.4 Å². The number of carbonyl (C=O) groups excluding carboxylic acids is 2. The van der Waals surface area contributed by atoms with E-state index in [1.54, 1.807) is 12.1 Å². The molecule has 0 spiro atoms. The molecule has 2 aromatic rings. The topological polar surface area (TPSA) is 65.9 Å². The van der Waals surface area contributed by atoms with Crippen LogP contribution in [0.5, 0.6) is 0 Å². The molecule has 1 aliphatic carbocycles. The van der Waals surface area contributed by atoms with Crippen molar-refractivity contribution < 1.29 is 14.5 Å². The zero-order valence-electron chi connectivity index (χ0n) is 17.6. The average Bonchev–Trinajstić information content (AvgIpc) is 3.37. The summed E-state index contributed by atoms with van der Waals surface area (Å²) < 4.78 is 0. The molecule has 1 saturated heterocycles. The van der Waals surface area contributed by atoms with Crippen molar-refractivity contribution in [2.45, 2.75) is 38.3 Å². The molecule has 3 N–H and O–H groups in total. The number of nitrogens with one attached hydrogen (secondary N) is 3. The number of hydrogen-bond acceptors (Lipinski definition) is 3. The highest BCUT2D eigenvalue weighted by atomic mass is 16.2. The largest absolute Gasteiger partial charge is 0.371 e. The van der Waals surface area contributed by atoms with E-state index >= 15 is 0 Å². The molecule has 4 rings (SSSR count). The molecule has 0 aromatic heterocycles. The third-order valence-corrected chi connectivity index (χ3v) is 5.75. The summed E-state index contributed by atoms with van der Waals surface area (Å²) in [5.74, 6) is -0.202. The second kappa shape index (κ2) is 9.30. The molecule has 1 aliphatic heterocycles. The monoisotopic (exact) mass is 407 g/mol. The van der Waals surface area contributed by atoms with E-state index in [2.05, 4.69) is 39.8 Å². The third kappa shape index (κ3) is 5.19. The molecule has 0 bridgehead atoms. The van der Waals surface area contributed by atoms with Gasteiger partial charge < -0.3 is 20.4 Å². The van der Waals surface area contributed by atoms with Gasteiger partial charge in [0.1, 0.15) is 6.54 Å². The maximum atomic E-state index is 12.7. The minimum absolute atomic E-state index is 0.0853. The normalized spacial score (nSPS) is 16.9. The second-order valence-corrected chi connectivity index (χ2v) is 8.48. The quantitative estimate of drug-likeness (QED) is 0.626. The van der Waals surface area contributed by atoms with E-state index in [1.807, 2.05) is 19.2 Å². The Morgan fingerprint density at radius 3 is 2.50 bits per heavy atom. The first-order valence-electron chi connectivity index (χ1n) is 10.9. The molecule has 2 amide bonds. The number of rotatable bonds is 8. The minimum atomic E-state index is -0.117. The molecule has 6 heteroatoms. The number of carbonyl (C=O) groups is 2. The first-order valence-corrected chi connectivity index (χ1v) is 10.9. The fourth-order valence-corrected chi connectivity index (χ4v) is 4.06. The van der Waals surface area contributed by atoms with E-state index < -0.39 is 0 Å². The minimum Gasteiger partial charge on any atom is -0.371 e. The van der Waals surface area contributed by atoms with Gasteiger partial charge in [-0.2, -0.15) is 0 Å². The molecule has 6 nitrogen and oxygen atoms in total. The summed E-state index contributed by atoms with van der Waals surface area (Å²) in [4.78, 5) is 28.7. The molecular formula is C24H31N4O2+. The van der Waals surface area contributed by atoms with Gasteiger partial charge in [-0.3, -0.25) is 9.59 Å². The molecule has 0 radical (unpaired) electrons. The van der Waals surface area contributed by atoms with Crippen molar-refractivity contribution in [3.05, 3.63) is 59.7 Å². The number of nitrogens with zero attached hydrogens (tertiary/aromatic N) is 1. The highest BCUT2D eigenvalue weighted by Crippen LogP contribution is 2.24. The Morgan fingerprint density at radius 1 is 1.03 bits per heavy atom. The summed E-state index contributed by atoms with van der Waals surface area (Å²) in [5, 5.41) is 5.93. The van der Waals surface area contributed by atoms with Crippen LogP contribution in [0.2, 0.25) is 0 Å². The summed E-state index contributed by atoms with van der Waals surface area (Å²) in [7, 11) is 2.03. The summed E-state index contributed by atoms with van der Waals surface area (Å²) in [6, 6.07) is 16.0. The number of anilines is 2. The van der Waals surface area contributed by atoms with Gasteiger partial charge in [-0.25, -0.2) is 0 Å². The summed E-state index contributed by atoms with van der Waals surface area (Å²) in [6.45, 7) is 3.34. The SMILES string of the molecule is C[NH+](CC(=O)Nc1ccccc1C(=O)NC1CC1)Cc1ccccc1N1CCCC1. The highest BCUT2D eigenvalue weighted by molar-refractivity contribution is 6.04. The third-order valence-electron chi connectivity index (χ3n) is 5.75. The van der Waals surface area contributed by atoms with Crippen LogP contribution in [0, 0.1) is 0 Å². The lowest BCUT2D eigenvalue weighted by molar-refractivity contribution is -0.885. The van der Waals surface area contributed by atoms with Crippen molar-refractivity contribution in [1.82, 2.24) is 5.32 Å². The lowest BCUT2D eigenvalue weighted by atomic mass is 10.1. The van der Waals surface area contributed by atoms with Gasteiger partial charge >= 0.3 is 0 Å². The molecule has 2 aliphatic rings. The Hall–Kier alpha value is -2.86. The van der Waals surface area contributed by atoms with Crippen LogP contribution in [0.15, 0.2) is 48.5 Å². The molecule has 2 fully saturated rings. The van der Waals surface area contributed by atoms with E-state index in [0.29, 0.717) is 17.8 Å². The zero-order valence-corrected chi connectivity index (χ0v) is 17.6. The van der Waals surface area contributed by atoms with Gasteiger partial charge in [0, 0.05) is 30.4 Å². The summed E-state index contributed by atoms with van der Waals surface area (Å²) in [5.41, 5.74) is 3.66. The lowest BCUT2D eigenvalue weighted by Crippen LogP contribution is -3.08. The maximum absolute atomic E-state index is 12.7. The molecule has 1 unspecified atom stereocenters. The maximum Gasteiger partial charge on any atom is 0.279 e. The number of likely N-dealkylation sites (N-methyl/N-ethyl adjacent to an activating group) is 1. The molecule has 1 heterocycles. The molecule has 2 aromatic carbocycles. The molecule has 158 valence electrons. The van der Waals surface area contributed by atoms with Crippen LogP contribution in [0.4, 0.5) is 11.4 Å². The van der Waals surface area contributed by atoms with Crippen LogP contribution in [0.1, 0.15) is 41.6 Å². The molecule has 1 atom stereocenters. The summed E-state index contributed by atoms with van der Waals surface area (Å²) in [6.07, 6.45) is 4.56. The van der Waals surface area contributed by atoms with Gasteiger partial charge in [0.25, 0.3) is 11.8 Å². The summed E-state index contributed by atoms with van der Waals surface area (Å²) >= 11 is 0. The second-order valence-electron chi connectivity index (χ2n) is 8.48. The number of quaternary nitrogens is 1. The van der Waals surface area contributed by atoms with Crippen molar-refractivity contribution in [2.75, 3.05) is 36.9 Å².